The van der Waals surface area contributed by atoms with Crippen molar-refractivity contribution in [2.24, 2.45) is 0 Å². The molecule has 1 aromatic rings. The van der Waals surface area contributed by atoms with Gasteiger partial charge in [-0.3, -0.25) is 4.90 Å². The van der Waals surface area contributed by atoms with E-state index in [-0.39, 0.29) is 0 Å². The van der Waals surface area contributed by atoms with Gasteiger partial charge >= 0.3 is 5.97 Å². The van der Waals surface area contributed by atoms with Crippen LogP contribution < -0.4 is 0 Å². The summed E-state index contributed by atoms with van der Waals surface area (Å²) in [6.07, 6.45) is 3.79. The molecule has 1 aromatic carbocycles. The highest BCUT2D eigenvalue weighted by Crippen LogP contribution is 2.17. The minimum absolute atomic E-state index is 0.292. The average Bonchev–Trinajstić information content (AvgIpc) is 2.48. The van der Waals surface area contributed by atoms with Gasteiger partial charge in [-0.25, -0.2) is 4.79 Å². The van der Waals surface area contributed by atoms with Gasteiger partial charge in [-0.05, 0) is 37.4 Å². The number of aromatic carboxylic acids is 1. The Kier molecular flexibility index (Phi) is 5.56. The second-order valence-electron chi connectivity index (χ2n) is 5.28. The molecule has 0 bridgehead atoms. The number of likely N-dealkylation sites (N-methyl/N-ethyl adjacent to an activating group) is 1. The minimum Gasteiger partial charge on any atom is -0.478 e. The van der Waals surface area contributed by atoms with Crippen molar-refractivity contribution in [2.45, 2.75) is 38.8 Å². The largest absolute Gasteiger partial charge is 0.478 e. The molecule has 4 nitrogen and oxygen atoms in total. The fourth-order valence-electron chi connectivity index (χ4n) is 2.65. The molecule has 0 aromatic heterocycles. The van der Waals surface area contributed by atoms with Gasteiger partial charge < -0.3 is 9.84 Å². The first kappa shape index (κ1) is 15.0. The zero-order chi connectivity index (χ0) is 14.4. The Bertz CT molecular complexity index is 441. The van der Waals surface area contributed by atoms with E-state index in [1.165, 1.54) is 6.42 Å². The van der Waals surface area contributed by atoms with Gasteiger partial charge in [-0.2, -0.15) is 0 Å². The summed E-state index contributed by atoms with van der Waals surface area (Å²) < 4.78 is 5.77. The van der Waals surface area contributed by atoms with Crippen LogP contribution in [0.4, 0.5) is 0 Å². The van der Waals surface area contributed by atoms with Crippen molar-refractivity contribution in [1.29, 1.82) is 0 Å². The van der Waals surface area contributed by atoms with E-state index >= 15 is 0 Å². The molecule has 1 aliphatic rings. The van der Waals surface area contributed by atoms with Gasteiger partial charge in [-0.1, -0.05) is 25.1 Å². The molecule has 1 heterocycles. The highest BCUT2D eigenvalue weighted by atomic mass is 16.5. The fraction of sp³-hybridized carbons (Fsp3) is 0.562. The Morgan fingerprint density at radius 1 is 1.40 bits per heavy atom. The summed E-state index contributed by atoms with van der Waals surface area (Å²) in [5.41, 5.74) is 1.27. The fourth-order valence-corrected chi connectivity index (χ4v) is 2.65. The Labute approximate surface area is 120 Å². The summed E-state index contributed by atoms with van der Waals surface area (Å²) in [5, 5.41) is 9.23. The van der Waals surface area contributed by atoms with Crippen molar-refractivity contribution in [3.63, 3.8) is 0 Å². The van der Waals surface area contributed by atoms with Crippen LogP contribution in [0.5, 0.6) is 0 Å². The third-order valence-electron chi connectivity index (χ3n) is 3.82. The lowest BCUT2D eigenvalue weighted by atomic mass is 10.1. The monoisotopic (exact) mass is 277 g/mol. The van der Waals surface area contributed by atoms with Crippen LogP contribution in [0.3, 0.4) is 0 Å². The number of carbonyl (C=O) groups is 1. The summed E-state index contributed by atoms with van der Waals surface area (Å²) in [4.78, 5) is 13.5. The molecule has 1 unspecified atom stereocenters. The summed E-state index contributed by atoms with van der Waals surface area (Å²) in [6, 6.07) is 7.23. The Balaban J connectivity index is 2.00. The topological polar surface area (TPSA) is 49.8 Å². The molecule has 1 aliphatic heterocycles. The second-order valence-corrected chi connectivity index (χ2v) is 5.28. The van der Waals surface area contributed by atoms with E-state index in [2.05, 4.69) is 11.8 Å². The highest BCUT2D eigenvalue weighted by Gasteiger charge is 2.18. The average molecular weight is 277 g/mol. The maximum absolute atomic E-state index is 11.2. The van der Waals surface area contributed by atoms with E-state index in [1.807, 2.05) is 12.1 Å². The summed E-state index contributed by atoms with van der Waals surface area (Å²) in [7, 11) is 0. The Hall–Kier alpha value is -1.39. The van der Waals surface area contributed by atoms with Gasteiger partial charge in [0, 0.05) is 19.7 Å². The molecule has 0 aliphatic carbocycles. The molecule has 0 saturated carbocycles. The molecule has 0 amide bonds. The van der Waals surface area contributed by atoms with E-state index in [9.17, 15) is 9.90 Å². The lowest BCUT2D eigenvalue weighted by molar-refractivity contribution is -0.00627. The van der Waals surface area contributed by atoms with E-state index in [1.54, 1.807) is 12.1 Å². The maximum Gasteiger partial charge on any atom is 0.336 e. The van der Waals surface area contributed by atoms with Crippen LogP contribution in [0.1, 0.15) is 42.1 Å². The lowest BCUT2D eigenvalue weighted by Crippen LogP contribution is -2.35. The van der Waals surface area contributed by atoms with Gasteiger partial charge in [-0.15, -0.1) is 0 Å². The molecule has 0 radical (unpaired) electrons. The van der Waals surface area contributed by atoms with E-state index in [0.29, 0.717) is 18.2 Å². The summed E-state index contributed by atoms with van der Waals surface area (Å²) >= 11 is 0. The number of hydrogen-bond donors (Lipinski definition) is 1. The van der Waals surface area contributed by atoms with E-state index in [0.717, 1.165) is 38.1 Å². The van der Waals surface area contributed by atoms with Crippen molar-refractivity contribution in [3.8, 4) is 0 Å². The van der Waals surface area contributed by atoms with Crippen molar-refractivity contribution < 1.29 is 14.6 Å². The van der Waals surface area contributed by atoms with Gasteiger partial charge in [0.1, 0.15) is 0 Å². The molecular weight excluding hydrogens is 254 g/mol. The van der Waals surface area contributed by atoms with Crippen LogP contribution in [0.2, 0.25) is 0 Å². The number of nitrogens with zero attached hydrogens (tertiary/aromatic N) is 1. The number of benzene rings is 1. The first-order valence-electron chi connectivity index (χ1n) is 7.36. The molecule has 0 spiro atoms. The molecule has 2 rings (SSSR count). The second kappa shape index (κ2) is 7.41. The number of carboxylic acid groups (broad SMARTS) is 1. The molecule has 4 heteroatoms. The summed E-state index contributed by atoms with van der Waals surface area (Å²) in [5.74, 6) is -0.856. The van der Waals surface area contributed by atoms with Gasteiger partial charge in [0.05, 0.1) is 11.7 Å². The zero-order valence-corrected chi connectivity index (χ0v) is 12.0. The van der Waals surface area contributed by atoms with Crippen molar-refractivity contribution >= 4 is 5.97 Å². The van der Waals surface area contributed by atoms with Gasteiger partial charge in [0.15, 0.2) is 0 Å². The van der Waals surface area contributed by atoms with Crippen LogP contribution in [-0.2, 0) is 11.3 Å². The van der Waals surface area contributed by atoms with Crippen molar-refractivity contribution in [3.05, 3.63) is 35.4 Å². The molecular formula is C16H23NO3. The van der Waals surface area contributed by atoms with Crippen LogP contribution >= 0.6 is 0 Å². The standard InChI is InChI=1S/C16H23NO3/c1-2-17(12-14-8-5-6-10-20-14)11-13-7-3-4-9-15(13)16(18)19/h3-4,7,9,14H,2,5-6,8,10-12H2,1H3,(H,18,19). The maximum atomic E-state index is 11.2. The minimum atomic E-state index is -0.856. The highest BCUT2D eigenvalue weighted by molar-refractivity contribution is 5.89. The third-order valence-corrected chi connectivity index (χ3v) is 3.82. The van der Waals surface area contributed by atoms with E-state index in [4.69, 9.17) is 4.74 Å². The van der Waals surface area contributed by atoms with E-state index < -0.39 is 5.97 Å². The van der Waals surface area contributed by atoms with Gasteiger partial charge in [0.2, 0.25) is 0 Å². The third kappa shape index (κ3) is 4.05. The van der Waals surface area contributed by atoms with Gasteiger partial charge in [0.25, 0.3) is 0 Å². The predicted molar refractivity (Wildman–Crippen MR) is 77.9 cm³/mol. The quantitative estimate of drug-likeness (QED) is 0.868. The summed E-state index contributed by atoms with van der Waals surface area (Å²) in [6.45, 7) is 5.40. The molecule has 1 N–H and O–H groups in total. The first-order chi connectivity index (χ1) is 9.70. The number of carboxylic acids is 1. The zero-order valence-electron chi connectivity index (χ0n) is 12.0. The molecule has 1 saturated heterocycles. The Morgan fingerprint density at radius 2 is 2.20 bits per heavy atom. The van der Waals surface area contributed by atoms with Crippen LogP contribution in [0.25, 0.3) is 0 Å². The number of hydrogen-bond acceptors (Lipinski definition) is 3. The predicted octanol–water partition coefficient (Wildman–Crippen LogP) is 2.78. The normalized spacial score (nSPS) is 19.2. The SMILES string of the molecule is CCN(Cc1ccccc1C(=O)O)CC1CCCCO1. The smallest absolute Gasteiger partial charge is 0.336 e. The lowest BCUT2D eigenvalue weighted by Gasteiger charge is -2.29. The van der Waals surface area contributed by atoms with Crippen LogP contribution in [0.15, 0.2) is 24.3 Å². The molecule has 20 heavy (non-hydrogen) atoms. The molecule has 110 valence electrons. The van der Waals surface area contributed by atoms with Crippen molar-refractivity contribution in [1.82, 2.24) is 4.90 Å². The Morgan fingerprint density at radius 3 is 2.85 bits per heavy atom. The van der Waals surface area contributed by atoms with Crippen molar-refractivity contribution in [2.75, 3.05) is 19.7 Å². The van der Waals surface area contributed by atoms with Crippen LogP contribution in [0, 0.1) is 0 Å². The number of rotatable bonds is 6. The van der Waals surface area contributed by atoms with Crippen LogP contribution in [-0.4, -0.2) is 41.8 Å². The first-order valence-corrected chi connectivity index (χ1v) is 7.36. The molecule has 1 atom stereocenters. The molecule has 1 fully saturated rings. The number of ether oxygens (including phenoxy) is 1.